The van der Waals surface area contributed by atoms with Crippen molar-refractivity contribution in [2.24, 2.45) is 15.9 Å². The number of hydrogen-bond donors (Lipinski definition) is 2. The number of carbonyl (C=O) groups excluding carboxylic acids is 1. The fraction of sp³-hybridized carbons (Fsp3) is 0.281. The molecule has 3 aliphatic rings. The Hall–Kier alpha value is -3.99. The van der Waals surface area contributed by atoms with Gasteiger partial charge >= 0.3 is 0 Å². The van der Waals surface area contributed by atoms with Gasteiger partial charge in [0.25, 0.3) is 0 Å². The van der Waals surface area contributed by atoms with Crippen LogP contribution in [-0.4, -0.2) is 17.8 Å². The molecule has 0 unspecified atom stereocenters. The highest BCUT2D eigenvalue weighted by Crippen LogP contribution is 2.35. The Labute approximate surface area is 221 Å². The van der Waals surface area contributed by atoms with Crippen molar-refractivity contribution in [1.82, 2.24) is 5.32 Å². The summed E-state index contributed by atoms with van der Waals surface area (Å²) in [7, 11) is 0. The van der Waals surface area contributed by atoms with E-state index in [1.165, 1.54) is 24.0 Å². The second-order valence-corrected chi connectivity index (χ2v) is 9.66. The third kappa shape index (κ3) is 7.74. The van der Waals surface area contributed by atoms with Crippen LogP contribution in [0.5, 0.6) is 0 Å². The van der Waals surface area contributed by atoms with Crippen LogP contribution >= 0.6 is 0 Å². The van der Waals surface area contributed by atoms with Gasteiger partial charge in [-0.25, -0.2) is 0 Å². The lowest BCUT2D eigenvalue weighted by molar-refractivity contribution is -0.115. The van der Waals surface area contributed by atoms with E-state index in [-0.39, 0.29) is 5.91 Å². The van der Waals surface area contributed by atoms with Crippen molar-refractivity contribution in [3.63, 3.8) is 0 Å². The van der Waals surface area contributed by atoms with Crippen LogP contribution in [0, 0.1) is 5.92 Å². The highest BCUT2D eigenvalue weighted by atomic mass is 16.1. The van der Waals surface area contributed by atoms with Crippen LogP contribution in [0.15, 0.2) is 112 Å². The SMILES string of the molecule is C=CNC(/C=C(\C=C)C(=C)N=C/C(=C\C)C1CC1)=C(C)C.CC1=CN=C(c2ccc3c(c2)CC(=O)N3)C1. The molecule has 1 aromatic rings. The van der Waals surface area contributed by atoms with Gasteiger partial charge in [-0.1, -0.05) is 43.5 Å². The van der Waals surface area contributed by atoms with Gasteiger partial charge in [0.05, 0.1) is 17.8 Å². The maximum absolute atomic E-state index is 11.2. The second kappa shape index (κ2) is 12.8. The van der Waals surface area contributed by atoms with Crippen LogP contribution in [0.1, 0.15) is 58.1 Å². The number of nitrogens with zero attached hydrogens (tertiary/aromatic N) is 2. The maximum atomic E-state index is 11.2. The van der Waals surface area contributed by atoms with E-state index >= 15 is 0 Å². The molecule has 0 spiro atoms. The first-order valence-corrected chi connectivity index (χ1v) is 12.7. The molecule has 4 rings (SSSR count). The predicted molar refractivity (Wildman–Crippen MR) is 158 cm³/mol. The van der Waals surface area contributed by atoms with Crippen LogP contribution in [0.3, 0.4) is 0 Å². The van der Waals surface area contributed by atoms with Gasteiger partial charge < -0.3 is 10.6 Å². The molecule has 192 valence electrons. The van der Waals surface area contributed by atoms with Gasteiger partial charge in [-0.05, 0) is 93.1 Å². The molecule has 1 aliphatic carbocycles. The molecule has 0 saturated heterocycles. The van der Waals surface area contributed by atoms with E-state index in [1.807, 2.05) is 44.5 Å². The molecule has 2 N–H and O–H groups in total. The molecular weight excluding hydrogens is 456 g/mol. The lowest BCUT2D eigenvalue weighted by atomic mass is 10.0. The van der Waals surface area contributed by atoms with E-state index < -0.39 is 0 Å². The van der Waals surface area contributed by atoms with Gasteiger partial charge in [-0.2, -0.15) is 0 Å². The Morgan fingerprint density at radius 3 is 2.54 bits per heavy atom. The molecule has 2 aliphatic heterocycles. The standard InChI is InChI=1S/C19H26N2.C13H12N2O/c1-7-16(12-19(14(4)5)20-9-3)15(6)21-13-17(8-2)18-10-11-18;1-8-4-12(14-7-8)9-2-3-11-10(5-9)6-13(16)15-11/h7-9,12-13,18,20H,1,3,6,10-11H2,2,4-5H3;2-3,5,7H,4,6H2,1H3,(H,15,16)/b16-12+,17-8+,21-13?;. The van der Waals surface area contributed by atoms with E-state index in [2.05, 4.69) is 66.3 Å². The fourth-order valence-electron chi connectivity index (χ4n) is 4.04. The topological polar surface area (TPSA) is 65.8 Å². The Balaban J connectivity index is 0.000000212. The fourth-order valence-corrected chi connectivity index (χ4v) is 4.04. The predicted octanol–water partition coefficient (Wildman–Crippen LogP) is 7.34. The number of anilines is 1. The van der Waals surface area contributed by atoms with Gasteiger partial charge in [0.15, 0.2) is 0 Å². The van der Waals surface area contributed by atoms with E-state index in [9.17, 15) is 4.79 Å². The third-order valence-corrected chi connectivity index (χ3v) is 6.35. The van der Waals surface area contributed by atoms with Crippen molar-refractivity contribution in [2.45, 2.75) is 53.4 Å². The Bertz CT molecular complexity index is 1280. The average Bonchev–Trinajstić information content (AvgIpc) is 3.50. The summed E-state index contributed by atoms with van der Waals surface area (Å²) in [5, 5.41) is 5.95. The molecular formula is C32H38N4O. The summed E-state index contributed by atoms with van der Waals surface area (Å²) in [6.45, 7) is 19.8. The van der Waals surface area contributed by atoms with Gasteiger partial charge in [0.1, 0.15) is 0 Å². The summed E-state index contributed by atoms with van der Waals surface area (Å²) in [4.78, 5) is 20.1. The van der Waals surface area contributed by atoms with E-state index in [1.54, 1.807) is 12.3 Å². The van der Waals surface area contributed by atoms with Crippen molar-refractivity contribution in [3.05, 3.63) is 113 Å². The first-order chi connectivity index (χ1) is 17.7. The monoisotopic (exact) mass is 494 g/mol. The van der Waals surface area contributed by atoms with E-state index in [4.69, 9.17) is 0 Å². The number of amides is 1. The Kier molecular flexibility index (Phi) is 9.56. The molecule has 1 amide bonds. The molecule has 1 fully saturated rings. The first-order valence-electron chi connectivity index (χ1n) is 12.7. The third-order valence-electron chi connectivity index (χ3n) is 6.35. The number of nitrogens with one attached hydrogen (secondary N) is 2. The first kappa shape index (κ1) is 27.6. The zero-order chi connectivity index (χ0) is 26.9. The minimum Gasteiger partial charge on any atom is -0.362 e. The zero-order valence-electron chi connectivity index (χ0n) is 22.5. The number of rotatable bonds is 9. The van der Waals surface area contributed by atoms with Crippen LogP contribution in [-0.2, 0) is 11.2 Å². The number of benzene rings is 1. The molecule has 0 atom stereocenters. The van der Waals surface area contributed by atoms with Crippen molar-refractivity contribution in [2.75, 3.05) is 5.32 Å². The largest absolute Gasteiger partial charge is 0.362 e. The molecule has 1 aromatic carbocycles. The molecule has 0 radical (unpaired) electrons. The number of hydrogen-bond acceptors (Lipinski definition) is 4. The van der Waals surface area contributed by atoms with Gasteiger partial charge in [0, 0.05) is 35.8 Å². The highest BCUT2D eigenvalue weighted by Gasteiger charge is 2.24. The minimum atomic E-state index is 0.0785. The number of fused-ring (bicyclic) bond motifs is 1. The van der Waals surface area contributed by atoms with Crippen LogP contribution in [0.2, 0.25) is 0 Å². The Morgan fingerprint density at radius 1 is 1.22 bits per heavy atom. The quantitative estimate of drug-likeness (QED) is 0.278. The lowest BCUT2D eigenvalue weighted by Gasteiger charge is -2.08. The number of allylic oxidation sites excluding steroid dienone is 6. The number of carbonyl (C=O) groups is 1. The van der Waals surface area contributed by atoms with Crippen LogP contribution in [0.25, 0.3) is 0 Å². The average molecular weight is 495 g/mol. The Morgan fingerprint density at radius 2 is 1.97 bits per heavy atom. The molecule has 2 heterocycles. The van der Waals surface area contributed by atoms with Crippen molar-refractivity contribution >= 4 is 23.5 Å². The van der Waals surface area contributed by atoms with E-state index in [0.29, 0.717) is 12.3 Å². The molecule has 37 heavy (non-hydrogen) atoms. The summed E-state index contributed by atoms with van der Waals surface area (Å²) in [5.74, 6) is 0.772. The van der Waals surface area contributed by atoms with E-state index in [0.717, 1.165) is 51.5 Å². The van der Waals surface area contributed by atoms with Crippen molar-refractivity contribution in [1.29, 1.82) is 0 Å². The second-order valence-electron chi connectivity index (χ2n) is 9.66. The molecule has 0 aromatic heterocycles. The summed E-state index contributed by atoms with van der Waals surface area (Å²) in [5.41, 5.74) is 10.6. The molecule has 5 heteroatoms. The molecule has 1 saturated carbocycles. The van der Waals surface area contributed by atoms with Crippen LogP contribution < -0.4 is 10.6 Å². The van der Waals surface area contributed by atoms with Crippen LogP contribution in [0.4, 0.5) is 5.69 Å². The zero-order valence-corrected chi connectivity index (χ0v) is 22.5. The highest BCUT2D eigenvalue weighted by molar-refractivity contribution is 6.06. The van der Waals surface area contributed by atoms with Crippen molar-refractivity contribution < 1.29 is 4.79 Å². The summed E-state index contributed by atoms with van der Waals surface area (Å²) < 4.78 is 0. The lowest BCUT2D eigenvalue weighted by Crippen LogP contribution is -2.04. The van der Waals surface area contributed by atoms with Gasteiger partial charge in [0.2, 0.25) is 5.91 Å². The van der Waals surface area contributed by atoms with Gasteiger partial charge in [-0.3, -0.25) is 14.8 Å². The smallest absolute Gasteiger partial charge is 0.228 e. The normalized spacial score (nSPS) is 16.7. The molecule has 0 bridgehead atoms. The van der Waals surface area contributed by atoms with Gasteiger partial charge in [-0.15, -0.1) is 0 Å². The number of aliphatic imine (C=N–C) groups is 2. The minimum absolute atomic E-state index is 0.0785. The summed E-state index contributed by atoms with van der Waals surface area (Å²) >= 11 is 0. The summed E-state index contributed by atoms with van der Waals surface area (Å²) in [6.07, 6.45) is 15.4. The van der Waals surface area contributed by atoms with Crippen molar-refractivity contribution in [3.8, 4) is 0 Å². The maximum Gasteiger partial charge on any atom is 0.228 e. The molecule has 5 nitrogen and oxygen atoms in total. The summed E-state index contributed by atoms with van der Waals surface area (Å²) in [6, 6.07) is 6.06.